The van der Waals surface area contributed by atoms with E-state index in [2.05, 4.69) is 82.1 Å². The topological polar surface area (TPSA) is 189 Å². The molecule has 0 aliphatic heterocycles. The molecule has 0 spiro atoms. The molecule has 0 saturated heterocycles. The summed E-state index contributed by atoms with van der Waals surface area (Å²) in [5.41, 5.74) is 12.0. The predicted octanol–water partition coefficient (Wildman–Crippen LogP) is 13.6. The number of sulfone groups is 2. The van der Waals surface area contributed by atoms with Gasteiger partial charge in [0.05, 0.1) is 35.9 Å². The van der Waals surface area contributed by atoms with E-state index in [1.54, 1.807) is 30.3 Å². The van der Waals surface area contributed by atoms with Crippen LogP contribution < -0.4 is 10.2 Å². The number of aromatic nitrogens is 5. The molecular weight excluding hydrogens is 981 g/mol. The lowest BCUT2D eigenvalue weighted by molar-refractivity contribution is 0.600. The van der Waals surface area contributed by atoms with Crippen LogP contribution >= 0.6 is 22.7 Å². The molecule has 0 radical (unpaired) electrons. The van der Waals surface area contributed by atoms with Gasteiger partial charge >= 0.3 is 0 Å². The molecule has 0 bridgehead atoms. The second-order valence-corrected chi connectivity index (χ2v) is 23.7. The van der Waals surface area contributed by atoms with E-state index >= 15 is 0 Å². The summed E-state index contributed by atoms with van der Waals surface area (Å²) in [6.45, 7) is 14.6. The van der Waals surface area contributed by atoms with Crippen LogP contribution in [0.4, 0.5) is 39.6 Å². The van der Waals surface area contributed by atoms with Crippen LogP contribution in [0.5, 0.6) is 0 Å². The van der Waals surface area contributed by atoms with Gasteiger partial charge in [0.1, 0.15) is 28.8 Å². The number of benzene rings is 5. The van der Waals surface area contributed by atoms with Gasteiger partial charge in [0.25, 0.3) is 0 Å². The number of rotatable bonds is 15. The standard InChI is InChI=1S/C54H52N10O4S4/c1-10-34-23-31(5)24-35(11-2)48(34)59-51-47(60-61-52-41(30-55)49(38-17-15-14-16-18-38)62-64(52)54-57-43-22-20-40(72(9,67)68)29-45(43)70-54)33(7)27-46(58-51)63(50-36(12-3)25-32(6)26-37(50)13-4)53-56-42-21-19-39(71(8,65)66)28-44(42)69-53/h14-29H,10-13H2,1-9H3,(H,58,59). The molecule has 4 aromatic heterocycles. The first kappa shape index (κ1) is 49.8. The van der Waals surface area contributed by atoms with Crippen LogP contribution in [0.1, 0.15) is 72.2 Å². The average molecular weight is 1030 g/mol. The second-order valence-electron chi connectivity index (χ2n) is 17.7. The van der Waals surface area contributed by atoms with Crippen molar-refractivity contribution in [3.05, 3.63) is 142 Å². The van der Waals surface area contributed by atoms with Crippen molar-refractivity contribution in [2.24, 2.45) is 10.2 Å². The van der Waals surface area contributed by atoms with Crippen LogP contribution in [0.15, 0.2) is 117 Å². The number of aryl methyl sites for hydroxylation is 7. The molecule has 5 aromatic carbocycles. The lowest BCUT2D eigenvalue weighted by Gasteiger charge is -2.28. The third-order valence-corrected chi connectivity index (χ3v) is 16.7. The molecule has 0 unspecified atom stereocenters. The van der Waals surface area contributed by atoms with Crippen molar-refractivity contribution in [2.75, 3.05) is 22.7 Å². The molecule has 0 amide bonds. The highest BCUT2D eigenvalue weighted by Gasteiger charge is 2.28. The second kappa shape index (κ2) is 19.8. The van der Waals surface area contributed by atoms with Crippen molar-refractivity contribution in [2.45, 2.75) is 83.9 Å². The monoisotopic (exact) mass is 1030 g/mol. The molecule has 9 rings (SSSR count). The molecule has 9 aromatic rings. The fourth-order valence-corrected chi connectivity index (χ4v) is 12.3. The normalized spacial score (nSPS) is 12.1. The predicted molar refractivity (Wildman–Crippen MR) is 291 cm³/mol. The smallest absolute Gasteiger partial charge is 0.213 e. The number of fused-ring (bicyclic) bond motifs is 2. The molecule has 0 aliphatic rings. The summed E-state index contributed by atoms with van der Waals surface area (Å²) in [6.07, 6.45) is 5.28. The van der Waals surface area contributed by atoms with Crippen LogP contribution in [0.25, 0.3) is 36.8 Å². The van der Waals surface area contributed by atoms with Gasteiger partial charge in [-0.05, 0) is 117 Å². The Morgan fingerprint density at radius 2 is 1.24 bits per heavy atom. The number of pyridine rings is 1. The number of nitriles is 1. The Morgan fingerprint density at radius 1 is 0.681 bits per heavy atom. The molecule has 14 nitrogen and oxygen atoms in total. The first-order valence-electron chi connectivity index (χ1n) is 23.5. The van der Waals surface area contributed by atoms with E-state index in [1.807, 2.05) is 43.3 Å². The van der Waals surface area contributed by atoms with Gasteiger partial charge in [-0.2, -0.15) is 15.0 Å². The fraction of sp³-hybridized carbons (Fsp3) is 0.241. The van der Waals surface area contributed by atoms with Crippen molar-refractivity contribution in [1.29, 1.82) is 5.26 Å². The molecule has 0 saturated carbocycles. The molecule has 0 aliphatic carbocycles. The molecule has 0 fully saturated rings. The molecule has 4 heterocycles. The van der Waals surface area contributed by atoms with Crippen molar-refractivity contribution < 1.29 is 16.8 Å². The van der Waals surface area contributed by atoms with Crippen LogP contribution in [0.3, 0.4) is 0 Å². The number of thiazole rings is 2. The van der Waals surface area contributed by atoms with Crippen LogP contribution in [-0.4, -0.2) is 54.1 Å². The highest BCUT2D eigenvalue weighted by Crippen LogP contribution is 2.46. The van der Waals surface area contributed by atoms with E-state index in [-0.39, 0.29) is 21.2 Å². The first-order valence-corrected chi connectivity index (χ1v) is 28.9. The Labute approximate surface area is 427 Å². The third-order valence-electron chi connectivity index (χ3n) is 12.4. The molecular formula is C54H52N10O4S4. The van der Waals surface area contributed by atoms with E-state index in [0.717, 1.165) is 76.7 Å². The van der Waals surface area contributed by atoms with Crippen molar-refractivity contribution in [3.8, 4) is 22.5 Å². The Balaban J connectivity index is 1.30. The molecule has 18 heteroatoms. The summed E-state index contributed by atoms with van der Waals surface area (Å²) in [6, 6.07) is 32.1. The van der Waals surface area contributed by atoms with Gasteiger partial charge in [-0.1, -0.05) is 116 Å². The zero-order valence-corrected chi connectivity index (χ0v) is 44.6. The zero-order valence-electron chi connectivity index (χ0n) is 41.4. The number of hydrogen-bond acceptors (Lipinski definition) is 15. The minimum absolute atomic E-state index is 0.122. The first-order chi connectivity index (χ1) is 34.4. The number of nitrogens with zero attached hydrogens (tertiary/aromatic N) is 9. The van der Waals surface area contributed by atoms with E-state index < -0.39 is 19.7 Å². The van der Waals surface area contributed by atoms with Gasteiger partial charge in [0.2, 0.25) is 5.13 Å². The van der Waals surface area contributed by atoms with Gasteiger partial charge in [0, 0.05) is 23.8 Å². The summed E-state index contributed by atoms with van der Waals surface area (Å²) >= 11 is 2.61. The Morgan fingerprint density at radius 3 is 1.79 bits per heavy atom. The molecule has 0 atom stereocenters. The van der Waals surface area contributed by atoms with Gasteiger partial charge in [-0.3, -0.25) is 4.90 Å². The summed E-state index contributed by atoms with van der Waals surface area (Å²) in [5.74, 6) is 1.07. The summed E-state index contributed by atoms with van der Waals surface area (Å²) in [4.78, 5) is 17.9. The maximum absolute atomic E-state index is 12.7. The number of anilines is 5. The Hall–Kier alpha value is -7.17. The highest BCUT2D eigenvalue weighted by molar-refractivity contribution is 7.91. The van der Waals surface area contributed by atoms with E-state index in [0.29, 0.717) is 64.8 Å². The minimum atomic E-state index is -3.50. The maximum Gasteiger partial charge on any atom is 0.213 e. The quantitative estimate of drug-likeness (QED) is 0.0962. The lowest BCUT2D eigenvalue weighted by Crippen LogP contribution is -2.17. The average Bonchev–Trinajstić information content (AvgIpc) is 4.08. The van der Waals surface area contributed by atoms with Crippen LogP contribution in [0, 0.1) is 32.1 Å². The largest absolute Gasteiger partial charge is 0.338 e. The van der Waals surface area contributed by atoms with Crippen LogP contribution in [0.2, 0.25) is 0 Å². The Kier molecular flexibility index (Phi) is 13.7. The van der Waals surface area contributed by atoms with E-state index in [4.69, 9.17) is 30.3 Å². The van der Waals surface area contributed by atoms with Crippen LogP contribution in [-0.2, 0) is 45.4 Å². The van der Waals surface area contributed by atoms with E-state index in [9.17, 15) is 22.1 Å². The van der Waals surface area contributed by atoms with Crippen molar-refractivity contribution in [1.82, 2.24) is 24.7 Å². The third kappa shape index (κ3) is 9.64. The summed E-state index contributed by atoms with van der Waals surface area (Å²) in [5, 5.41) is 30.4. The summed E-state index contributed by atoms with van der Waals surface area (Å²) in [7, 11) is -6.99. The van der Waals surface area contributed by atoms with Gasteiger partial charge in [-0.15, -0.1) is 10.2 Å². The maximum atomic E-state index is 12.7. The SMILES string of the molecule is CCc1cc(C)cc(CC)c1Nc1nc(N(c2nc3ccc(S(C)(=O)=O)cc3s2)c2c(CC)cc(C)cc2CC)cc(C)c1N=Nc1c(C#N)c(-c2ccccc2)nn1-c1nc2ccc(S(C)(=O)=O)cc2s1. The number of nitrogens with one attached hydrogen (secondary N) is 1. The van der Waals surface area contributed by atoms with Gasteiger partial charge in [0.15, 0.2) is 36.4 Å². The highest BCUT2D eigenvalue weighted by atomic mass is 32.2. The molecule has 72 heavy (non-hydrogen) atoms. The van der Waals surface area contributed by atoms with Gasteiger partial charge < -0.3 is 5.32 Å². The zero-order chi connectivity index (χ0) is 51.2. The Bertz CT molecular complexity index is 3860. The minimum Gasteiger partial charge on any atom is -0.338 e. The number of hydrogen-bond donors (Lipinski definition) is 1. The summed E-state index contributed by atoms with van der Waals surface area (Å²) < 4.78 is 53.4. The van der Waals surface area contributed by atoms with E-state index in [1.165, 1.54) is 39.7 Å². The molecule has 1 N–H and O–H groups in total. The lowest BCUT2D eigenvalue weighted by atomic mass is 9.98. The fourth-order valence-electron chi connectivity index (χ4n) is 8.89. The van der Waals surface area contributed by atoms with Crippen molar-refractivity contribution >= 4 is 102 Å². The number of azo groups is 1. The van der Waals surface area contributed by atoms with Crippen molar-refractivity contribution in [3.63, 3.8) is 0 Å². The van der Waals surface area contributed by atoms with Gasteiger partial charge in [-0.25, -0.2) is 31.8 Å². The molecule has 366 valence electrons.